The molecule has 1 unspecified atom stereocenters. The molecule has 0 saturated heterocycles. The minimum Gasteiger partial charge on any atom is -0.378 e. The molecule has 3 heterocycles. The first-order valence-corrected chi connectivity index (χ1v) is 9.28. The summed E-state index contributed by atoms with van der Waals surface area (Å²) in [5.41, 5.74) is 3.26. The molecule has 0 fully saturated rings. The fraction of sp³-hybridized carbons (Fsp3) is 0.286. The van der Waals surface area contributed by atoms with Crippen LogP contribution in [0.15, 0.2) is 65.0 Å². The summed E-state index contributed by atoms with van der Waals surface area (Å²) in [5.74, 6) is 2.57. The van der Waals surface area contributed by atoms with E-state index in [1.807, 2.05) is 69.9 Å². The fourth-order valence-corrected chi connectivity index (χ4v) is 3.31. The first-order chi connectivity index (χ1) is 13.5. The quantitative estimate of drug-likeness (QED) is 0.890. The average Bonchev–Trinajstić information content (AvgIpc) is 3.13. The number of aromatic nitrogens is 1. The Kier molecular flexibility index (Phi) is 4.73. The maximum absolute atomic E-state index is 4.76. The lowest BCUT2D eigenvalue weighted by Crippen LogP contribution is -2.37. The Balaban J connectivity index is 1.52. The second kappa shape index (κ2) is 7.34. The van der Waals surface area contributed by atoms with E-state index in [-0.39, 0.29) is 6.04 Å². The summed E-state index contributed by atoms with van der Waals surface area (Å²) in [6.45, 7) is 0.682. The number of rotatable bonds is 4. The van der Waals surface area contributed by atoms with Gasteiger partial charge in [-0.3, -0.25) is 4.99 Å². The molecule has 2 aliphatic heterocycles. The highest BCUT2D eigenvalue weighted by molar-refractivity contribution is 6.45. The third-order valence-corrected chi connectivity index (χ3v) is 4.88. The van der Waals surface area contributed by atoms with Crippen molar-refractivity contribution in [2.45, 2.75) is 6.04 Å². The number of pyridine rings is 1. The molecule has 1 aromatic carbocycles. The number of hydrogen-bond acceptors (Lipinski definition) is 7. The number of amidine groups is 2. The van der Waals surface area contributed by atoms with Gasteiger partial charge in [-0.15, -0.1) is 0 Å². The van der Waals surface area contributed by atoms with Crippen molar-refractivity contribution in [2.75, 3.05) is 49.9 Å². The van der Waals surface area contributed by atoms with E-state index in [2.05, 4.69) is 43.3 Å². The second-order valence-electron chi connectivity index (χ2n) is 7.28. The lowest BCUT2D eigenvalue weighted by molar-refractivity contribution is 0.457. The van der Waals surface area contributed by atoms with E-state index in [1.54, 1.807) is 0 Å². The number of nitrogens with one attached hydrogen (secondary N) is 1. The number of benzene rings is 1. The molecule has 0 spiro atoms. The third-order valence-electron chi connectivity index (χ3n) is 4.88. The first kappa shape index (κ1) is 18.0. The van der Waals surface area contributed by atoms with Crippen molar-refractivity contribution >= 4 is 28.9 Å². The van der Waals surface area contributed by atoms with Crippen molar-refractivity contribution in [3.05, 3.63) is 60.6 Å². The molecule has 7 nitrogen and oxygen atoms in total. The highest BCUT2D eigenvalue weighted by Crippen LogP contribution is 2.30. The van der Waals surface area contributed by atoms with Crippen LogP contribution < -0.4 is 15.1 Å². The molecule has 0 amide bonds. The summed E-state index contributed by atoms with van der Waals surface area (Å²) < 4.78 is 0. The standard InChI is InChI=1S/C21H25N7/c1-26(2)17-7-5-6-16(12-17)25-20-21-24-14-18(28(21)11-10-22-20)15-8-9-19(23-13-15)27(3)4/h5-13,18H,14H2,1-4H3,(H,22,25). The van der Waals surface area contributed by atoms with E-state index in [0.29, 0.717) is 6.54 Å². The van der Waals surface area contributed by atoms with E-state index >= 15 is 0 Å². The fourth-order valence-electron chi connectivity index (χ4n) is 3.31. The highest BCUT2D eigenvalue weighted by atomic mass is 15.3. The van der Waals surface area contributed by atoms with Crippen LogP contribution in [0.25, 0.3) is 0 Å². The Bertz CT molecular complexity index is 941. The predicted molar refractivity (Wildman–Crippen MR) is 116 cm³/mol. The Morgan fingerprint density at radius 1 is 1.07 bits per heavy atom. The van der Waals surface area contributed by atoms with Gasteiger partial charge >= 0.3 is 0 Å². The van der Waals surface area contributed by atoms with Crippen LogP contribution in [-0.2, 0) is 0 Å². The molecule has 0 aliphatic carbocycles. The molecular weight excluding hydrogens is 350 g/mol. The summed E-state index contributed by atoms with van der Waals surface area (Å²) in [5, 5.41) is 3.42. The topological polar surface area (TPSA) is 59.4 Å². The zero-order valence-electron chi connectivity index (χ0n) is 16.7. The van der Waals surface area contributed by atoms with Gasteiger partial charge in [0.1, 0.15) is 5.82 Å². The van der Waals surface area contributed by atoms with Crippen LogP contribution in [0.5, 0.6) is 0 Å². The van der Waals surface area contributed by atoms with Crippen molar-refractivity contribution in [3.63, 3.8) is 0 Å². The van der Waals surface area contributed by atoms with Crippen LogP contribution >= 0.6 is 0 Å². The van der Waals surface area contributed by atoms with Crippen molar-refractivity contribution in [1.29, 1.82) is 0 Å². The lowest BCUT2D eigenvalue weighted by atomic mass is 10.1. The molecule has 1 N–H and O–H groups in total. The highest BCUT2D eigenvalue weighted by Gasteiger charge is 2.32. The van der Waals surface area contributed by atoms with Gasteiger partial charge in [-0.05, 0) is 29.8 Å². The number of anilines is 3. The van der Waals surface area contributed by atoms with Crippen molar-refractivity contribution in [2.24, 2.45) is 9.98 Å². The largest absolute Gasteiger partial charge is 0.378 e. The van der Waals surface area contributed by atoms with Crippen LogP contribution in [0.4, 0.5) is 17.2 Å². The van der Waals surface area contributed by atoms with Gasteiger partial charge in [-0.1, -0.05) is 12.1 Å². The second-order valence-corrected chi connectivity index (χ2v) is 7.28. The molecule has 2 aliphatic rings. The van der Waals surface area contributed by atoms with E-state index < -0.39 is 0 Å². The molecule has 2 aromatic rings. The number of aliphatic imine (C=N–C) groups is 2. The van der Waals surface area contributed by atoms with E-state index in [0.717, 1.165) is 34.4 Å². The van der Waals surface area contributed by atoms with Crippen molar-refractivity contribution in [3.8, 4) is 0 Å². The van der Waals surface area contributed by atoms with Crippen molar-refractivity contribution < 1.29 is 0 Å². The van der Waals surface area contributed by atoms with Gasteiger partial charge in [-0.2, -0.15) is 0 Å². The van der Waals surface area contributed by atoms with Crippen molar-refractivity contribution in [1.82, 2.24) is 9.88 Å². The minimum atomic E-state index is 0.135. The SMILES string of the molecule is CN(C)c1cccc(NC2=NC=CN3C2=NCC3c2ccc(N(C)C)nc2)c1. The molecule has 1 aromatic heterocycles. The Morgan fingerprint density at radius 2 is 1.93 bits per heavy atom. The number of fused-ring (bicyclic) bond motifs is 1. The van der Waals surface area contributed by atoms with Gasteiger partial charge in [0.2, 0.25) is 0 Å². The lowest BCUT2D eigenvalue weighted by Gasteiger charge is -2.27. The Labute approximate surface area is 165 Å². The predicted octanol–water partition coefficient (Wildman–Crippen LogP) is 2.96. The van der Waals surface area contributed by atoms with Gasteiger partial charge in [0.25, 0.3) is 0 Å². The van der Waals surface area contributed by atoms with Gasteiger partial charge in [0.15, 0.2) is 11.7 Å². The Morgan fingerprint density at radius 3 is 2.64 bits per heavy atom. The summed E-state index contributed by atoms with van der Waals surface area (Å²) in [6, 6.07) is 12.5. The maximum Gasteiger partial charge on any atom is 0.173 e. The molecule has 28 heavy (non-hydrogen) atoms. The molecular formula is C21H25N7. The monoisotopic (exact) mass is 375 g/mol. The first-order valence-electron chi connectivity index (χ1n) is 9.28. The summed E-state index contributed by atoms with van der Waals surface area (Å²) in [7, 11) is 8.05. The number of hydrogen-bond donors (Lipinski definition) is 1. The average molecular weight is 375 g/mol. The van der Waals surface area contributed by atoms with Gasteiger partial charge in [-0.25, -0.2) is 9.98 Å². The van der Waals surface area contributed by atoms with Crippen LogP contribution in [-0.4, -0.2) is 56.3 Å². The molecule has 0 bridgehead atoms. The zero-order valence-corrected chi connectivity index (χ0v) is 16.7. The molecule has 1 atom stereocenters. The zero-order chi connectivity index (χ0) is 19.7. The number of nitrogens with zero attached hydrogens (tertiary/aromatic N) is 6. The molecule has 0 saturated carbocycles. The van der Waals surface area contributed by atoms with E-state index in [4.69, 9.17) is 4.99 Å². The summed E-state index contributed by atoms with van der Waals surface area (Å²) in [6.07, 6.45) is 5.74. The Hall–Kier alpha value is -3.35. The van der Waals surface area contributed by atoms with Crippen LogP contribution in [0.1, 0.15) is 11.6 Å². The van der Waals surface area contributed by atoms with E-state index in [1.165, 1.54) is 0 Å². The van der Waals surface area contributed by atoms with Crippen LogP contribution in [0.3, 0.4) is 0 Å². The summed E-state index contributed by atoms with van der Waals surface area (Å²) in [4.78, 5) is 20.1. The van der Waals surface area contributed by atoms with Gasteiger partial charge in [0, 0.05) is 58.2 Å². The van der Waals surface area contributed by atoms with Crippen LogP contribution in [0.2, 0.25) is 0 Å². The smallest absolute Gasteiger partial charge is 0.173 e. The molecule has 144 valence electrons. The maximum atomic E-state index is 4.76. The van der Waals surface area contributed by atoms with Crippen LogP contribution in [0, 0.1) is 0 Å². The molecule has 0 radical (unpaired) electrons. The molecule has 7 heteroatoms. The summed E-state index contributed by atoms with van der Waals surface area (Å²) >= 11 is 0. The van der Waals surface area contributed by atoms with Gasteiger partial charge in [0.05, 0.1) is 12.6 Å². The van der Waals surface area contributed by atoms with E-state index in [9.17, 15) is 0 Å². The molecule has 4 rings (SSSR count). The normalized spacial score (nSPS) is 17.7. The van der Waals surface area contributed by atoms with Gasteiger partial charge < -0.3 is 20.0 Å². The third kappa shape index (κ3) is 3.43. The minimum absolute atomic E-state index is 0.135.